The number of phenols is 1. The molecule has 0 fully saturated rings. The monoisotopic (exact) mass is 320 g/mol. The minimum absolute atomic E-state index is 0.363. The lowest BCUT2D eigenvalue weighted by Crippen LogP contribution is -2.14. The molecule has 1 heterocycles. The number of aromatic hydroxyl groups is 1. The predicted octanol–water partition coefficient (Wildman–Crippen LogP) is 1.69. The molecule has 23 heavy (non-hydrogen) atoms. The van der Waals surface area contributed by atoms with E-state index in [1.54, 1.807) is 6.07 Å². The SMILES string of the molecule is CN(C)CCc1c[nH]c2cccc(O)c12.O=C(O)/C=C\C(=O)O. The minimum Gasteiger partial charge on any atom is -0.507 e. The van der Waals surface area contributed by atoms with Crippen molar-refractivity contribution < 1.29 is 24.9 Å². The Hall–Kier alpha value is -2.80. The molecule has 4 N–H and O–H groups in total. The Labute approximate surface area is 133 Å². The highest BCUT2D eigenvalue weighted by atomic mass is 16.4. The second-order valence-corrected chi connectivity index (χ2v) is 5.08. The van der Waals surface area contributed by atoms with Gasteiger partial charge in [-0.15, -0.1) is 0 Å². The van der Waals surface area contributed by atoms with Gasteiger partial charge in [0.1, 0.15) is 5.75 Å². The van der Waals surface area contributed by atoms with Crippen molar-refractivity contribution >= 4 is 22.8 Å². The number of fused-ring (bicyclic) bond motifs is 1. The Bertz CT molecular complexity index is 688. The molecule has 2 rings (SSSR count). The lowest BCUT2D eigenvalue weighted by atomic mass is 10.1. The topological polar surface area (TPSA) is 114 Å². The first-order valence-electron chi connectivity index (χ1n) is 6.88. The molecular weight excluding hydrogens is 300 g/mol. The van der Waals surface area contributed by atoms with Crippen molar-refractivity contribution in [3.8, 4) is 5.75 Å². The molecule has 0 saturated carbocycles. The number of nitrogens with zero attached hydrogens (tertiary/aromatic N) is 1. The molecule has 2 aromatic rings. The van der Waals surface area contributed by atoms with Gasteiger partial charge in [0.25, 0.3) is 0 Å². The molecule has 0 saturated heterocycles. The average molecular weight is 320 g/mol. The summed E-state index contributed by atoms with van der Waals surface area (Å²) < 4.78 is 0. The highest BCUT2D eigenvalue weighted by Crippen LogP contribution is 2.27. The van der Waals surface area contributed by atoms with Crippen molar-refractivity contribution in [1.29, 1.82) is 0 Å². The number of benzene rings is 1. The van der Waals surface area contributed by atoms with E-state index in [1.165, 1.54) is 5.56 Å². The van der Waals surface area contributed by atoms with Crippen LogP contribution < -0.4 is 0 Å². The number of rotatable bonds is 5. The molecule has 0 unspecified atom stereocenters. The summed E-state index contributed by atoms with van der Waals surface area (Å²) in [5, 5.41) is 26.4. The van der Waals surface area contributed by atoms with Crippen LogP contribution in [0.4, 0.5) is 0 Å². The summed E-state index contributed by atoms with van der Waals surface area (Å²) in [6.45, 7) is 0.987. The summed E-state index contributed by atoms with van der Waals surface area (Å²) in [7, 11) is 4.10. The summed E-state index contributed by atoms with van der Waals surface area (Å²) in [5.74, 6) is -2.15. The summed E-state index contributed by atoms with van der Waals surface area (Å²) in [5.41, 5.74) is 2.18. The van der Waals surface area contributed by atoms with Crippen molar-refractivity contribution in [3.05, 3.63) is 42.1 Å². The van der Waals surface area contributed by atoms with Crippen LogP contribution in [0.5, 0.6) is 5.75 Å². The van der Waals surface area contributed by atoms with Crippen LogP contribution in [0.2, 0.25) is 0 Å². The fourth-order valence-electron chi connectivity index (χ4n) is 1.92. The molecule has 7 heteroatoms. The molecule has 0 bridgehead atoms. The van der Waals surface area contributed by atoms with Gasteiger partial charge in [0, 0.05) is 35.8 Å². The van der Waals surface area contributed by atoms with Crippen molar-refractivity contribution in [3.63, 3.8) is 0 Å². The van der Waals surface area contributed by atoms with E-state index in [4.69, 9.17) is 10.2 Å². The van der Waals surface area contributed by atoms with E-state index < -0.39 is 11.9 Å². The Morgan fingerprint density at radius 2 is 1.78 bits per heavy atom. The van der Waals surface area contributed by atoms with Crippen LogP contribution in [0.1, 0.15) is 5.56 Å². The van der Waals surface area contributed by atoms with Crippen LogP contribution in [-0.2, 0) is 16.0 Å². The van der Waals surface area contributed by atoms with Gasteiger partial charge in [-0.25, -0.2) is 9.59 Å². The molecule has 0 aliphatic carbocycles. The van der Waals surface area contributed by atoms with Crippen LogP contribution >= 0.6 is 0 Å². The molecule has 7 nitrogen and oxygen atoms in total. The number of carboxylic acids is 2. The van der Waals surface area contributed by atoms with Crippen LogP contribution in [0.15, 0.2) is 36.5 Å². The maximum atomic E-state index is 9.77. The number of H-pyrrole nitrogens is 1. The maximum absolute atomic E-state index is 9.77. The van der Waals surface area contributed by atoms with Crippen LogP contribution in [-0.4, -0.2) is 57.8 Å². The van der Waals surface area contributed by atoms with Gasteiger partial charge in [-0.2, -0.15) is 0 Å². The molecule has 0 aliphatic rings. The molecule has 1 aromatic carbocycles. The van der Waals surface area contributed by atoms with Crippen molar-refractivity contribution in [2.24, 2.45) is 0 Å². The number of phenolic OH excluding ortho intramolecular Hbond substituents is 1. The number of aromatic nitrogens is 1. The zero-order valence-electron chi connectivity index (χ0n) is 13.0. The quantitative estimate of drug-likeness (QED) is 0.623. The largest absolute Gasteiger partial charge is 0.507 e. The van der Waals surface area contributed by atoms with Crippen molar-refractivity contribution in [2.75, 3.05) is 20.6 Å². The van der Waals surface area contributed by atoms with Gasteiger partial charge in [0.05, 0.1) is 0 Å². The van der Waals surface area contributed by atoms with Gasteiger partial charge < -0.3 is 25.2 Å². The maximum Gasteiger partial charge on any atom is 0.328 e. The van der Waals surface area contributed by atoms with Crippen LogP contribution in [0, 0.1) is 0 Å². The molecule has 0 aliphatic heterocycles. The van der Waals surface area contributed by atoms with E-state index in [-0.39, 0.29) is 0 Å². The van der Waals surface area contributed by atoms with E-state index in [0.29, 0.717) is 17.9 Å². The summed E-state index contributed by atoms with van der Waals surface area (Å²) in [6, 6.07) is 5.56. The number of carbonyl (C=O) groups is 2. The van der Waals surface area contributed by atoms with E-state index >= 15 is 0 Å². The molecule has 0 spiro atoms. The fourth-order valence-corrected chi connectivity index (χ4v) is 1.92. The first-order chi connectivity index (χ1) is 10.8. The third-order valence-corrected chi connectivity index (χ3v) is 2.96. The zero-order chi connectivity index (χ0) is 17.4. The lowest BCUT2D eigenvalue weighted by molar-refractivity contribution is -0.134. The second-order valence-electron chi connectivity index (χ2n) is 5.08. The number of hydrogen-bond acceptors (Lipinski definition) is 4. The molecule has 1 aromatic heterocycles. The Balaban J connectivity index is 0.000000284. The highest BCUT2D eigenvalue weighted by molar-refractivity contribution is 5.90. The molecule has 0 amide bonds. The van der Waals surface area contributed by atoms with Crippen LogP contribution in [0.25, 0.3) is 10.9 Å². The fraction of sp³-hybridized carbons (Fsp3) is 0.250. The minimum atomic E-state index is -1.26. The smallest absolute Gasteiger partial charge is 0.328 e. The van der Waals surface area contributed by atoms with Crippen molar-refractivity contribution in [1.82, 2.24) is 9.88 Å². The van der Waals surface area contributed by atoms with E-state index in [1.807, 2.05) is 18.3 Å². The molecule has 0 atom stereocenters. The predicted molar refractivity (Wildman–Crippen MR) is 86.6 cm³/mol. The summed E-state index contributed by atoms with van der Waals surface area (Å²) in [6.07, 6.45) is 4.04. The third kappa shape index (κ3) is 6.23. The standard InChI is InChI=1S/C12H16N2O.C4H4O4/c1-14(2)7-6-9-8-13-10-4-3-5-11(15)12(9)10;5-3(6)1-2-4(7)8/h3-5,8,13,15H,6-7H2,1-2H3;1-2H,(H,5,6)(H,7,8)/b;2-1-. The molecular formula is C16H20N2O5. The average Bonchev–Trinajstić information content (AvgIpc) is 2.88. The number of aliphatic carboxylic acids is 2. The van der Waals surface area contributed by atoms with Crippen LogP contribution in [0.3, 0.4) is 0 Å². The van der Waals surface area contributed by atoms with Crippen molar-refractivity contribution in [2.45, 2.75) is 6.42 Å². The Morgan fingerprint density at radius 1 is 1.17 bits per heavy atom. The van der Waals surface area contributed by atoms with E-state index in [2.05, 4.69) is 24.0 Å². The van der Waals surface area contributed by atoms with Gasteiger partial charge in [-0.3, -0.25) is 0 Å². The van der Waals surface area contributed by atoms with Gasteiger partial charge >= 0.3 is 11.9 Å². The zero-order valence-corrected chi connectivity index (χ0v) is 13.0. The van der Waals surface area contributed by atoms with Gasteiger partial charge in [0.2, 0.25) is 0 Å². The number of nitrogens with one attached hydrogen (secondary N) is 1. The molecule has 124 valence electrons. The van der Waals surface area contributed by atoms with Gasteiger partial charge in [-0.1, -0.05) is 6.07 Å². The lowest BCUT2D eigenvalue weighted by Gasteiger charge is -2.08. The Kier molecular flexibility index (Phi) is 6.82. The first kappa shape index (κ1) is 18.2. The highest BCUT2D eigenvalue weighted by Gasteiger charge is 2.07. The van der Waals surface area contributed by atoms with Gasteiger partial charge in [0.15, 0.2) is 0 Å². The number of hydrogen-bond donors (Lipinski definition) is 4. The second kappa shape index (κ2) is 8.60. The summed E-state index contributed by atoms with van der Waals surface area (Å²) in [4.78, 5) is 24.4. The van der Waals surface area contributed by atoms with E-state index in [9.17, 15) is 14.7 Å². The third-order valence-electron chi connectivity index (χ3n) is 2.96. The summed E-state index contributed by atoms with van der Waals surface area (Å²) >= 11 is 0. The number of carboxylic acid groups (broad SMARTS) is 2. The normalized spacial score (nSPS) is 10.7. The van der Waals surface area contributed by atoms with Gasteiger partial charge in [-0.05, 0) is 38.2 Å². The molecule has 0 radical (unpaired) electrons. The number of aromatic amines is 1. The Morgan fingerprint density at radius 3 is 2.30 bits per heavy atom. The number of likely N-dealkylation sites (N-methyl/N-ethyl adjacent to an activating group) is 1. The first-order valence-corrected chi connectivity index (χ1v) is 6.88. The van der Waals surface area contributed by atoms with E-state index in [0.717, 1.165) is 23.9 Å².